The van der Waals surface area contributed by atoms with Crippen LogP contribution in [0.15, 0.2) is 0 Å². The van der Waals surface area contributed by atoms with Crippen molar-refractivity contribution in [3.8, 4) is 0 Å². The van der Waals surface area contributed by atoms with E-state index in [0.29, 0.717) is 18.9 Å². The summed E-state index contributed by atoms with van der Waals surface area (Å²) in [6.07, 6.45) is 1.34. The second kappa shape index (κ2) is 7.69. The van der Waals surface area contributed by atoms with Crippen LogP contribution in [0.5, 0.6) is 0 Å². The summed E-state index contributed by atoms with van der Waals surface area (Å²) in [6.45, 7) is 10.4. The first-order valence-electron chi connectivity index (χ1n) is 5.83. The number of hydrogen-bond acceptors (Lipinski definition) is 3. The largest absolute Gasteiger partial charge is 0.464 e. The Labute approximate surface area is 93.1 Å². The molecule has 0 saturated carbocycles. The fourth-order valence-electron chi connectivity index (χ4n) is 1.55. The van der Waals surface area contributed by atoms with Gasteiger partial charge in [0.15, 0.2) is 6.10 Å². The molecule has 90 valence electrons. The van der Waals surface area contributed by atoms with Crippen molar-refractivity contribution in [1.29, 1.82) is 0 Å². The summed E-state index contributed by atoms with van der Waals surface area (Å²) < 4.78 is 10.6. The number of hydrogen-bond donors (Lipinski definition) is 0. The molecule has 3 nitrogen and oxygen atoms in total. The first-order chi connectivity index (χ1) is 7.01. The second-order valence-corrected chi connectivity index (χ2v) is 4.23. The van der Waals surface area contributed by atoms with Crippen LogP contribution in [0.1, 0.15) is 47.5 Å². The van der Waals surface area contributed by atoms with Gasteiger partial charge in [0.05, 0.1) is 12.7 Å². The SMILES string of the molecule is CCOC(=O)C(CC)OC(C)CC(C)C. The van der Waals surface area contributed by atoms with Crippen LogP contribution in [0.2, 0.25) is 0 Å². The summed E-state index contributed by atoms with van der Waals surface area (Å²) in [5, 5.41) is 0. The number of rotatable bonds is 7. The molecule has 2 atom stereocenters. The van der Waals surface area contributed by atoms with Gasteiger partial charge in [-0.3, -0.25) is 0 Å². The lowest BCUT2D eigenvalue weighted by Crippen LogP contribution is -2.30. The van der Waals surface area contributed by atoms with Crippen LogP contribution in [0.25, 0.3) is 0 Å². The Bertz CT molecular complexity index is 178. The molecule has 0 aromatic heterocycles. The van der Waals surface area contributed by atoms with Crippen molar-refractivity contribution in [2.75, 3.05) is 6.61 Å². The molecule has 0 aliphatic heterocycles. The molecule has 2 unspecified atom stereocenters. The van der Waals surface area contributed by atoms with E-state index in [-0.39, 0.29) is 12.1 Å². The quantitative estimate of drug-likeness (QED) is 0.614. The van der Waals surface area contributed by atoms with Gasteiger partial charge in [0.2, 0.25) is 0 Å². The average Bonchev–Trinajstić information content (AvgIpc) is 2.13. The van der Waals surface area contributed by atoms with E-state index in [1.165, 1.54) is 0 Å². The van der Waals surface area contributed by atoms with Gasteiger partial charge in [-0.15, -0.1) is 0 Å². The smallest absolute Gasteiger partial charge is 0.335 e. The van der Waals surface area contributed by atoms with E-state index in [9.17, 15) is 4.79 Å². The molecule has 0 aliphatic rings. The highest BCUT2D eigenvalue weighted by molar-refractivity contribution is 5.74. The topological polar surface area (TPSA) is 35.5 Å². The summed E-state index contributed by atoms with van der Waals surface area (Å²) in [4.78, 5) is 11.4. The monoisotopic (exact) mass is 216 g/mol. The van der Waals surface area contributed by atoms with Crippen LogP contribution < -0.4 is 0 Å². The van der Waals surface area contributed by atoms with Crippen molar-refractivity contribution in [2.24, 2.45) is 5.92 Å². The molecule has 0 radical (unpaired) electrons. The maximum Gasteiger partial charge on any atom is 0.335 e. The van der Waals surface area contributed by atoms with Crippen molar-refractivity contribution in [3.63, 3.8) is 0 Å². The lowest BCUT2D eigenvalue weighted by Gasteiger charge is -2.21. The van der Waals surface area contributed by atoms with Crippen molar-refractivity contribution >= 4 is 5.97 Å². The van der Waals surface area contributed by atoms with E-state index >= 15 is 0 Å². The van der Waals surface area contributed by atoms with E-state index < -0.39 is 6.10 Å². The molecular weight excluding hydrogens is 192 g/mol. The van der Waals surface area contributed by atoms with Gasteiger partial charge in [-0.05, 0) is 32.6 Å². The number of carbonyl (C=O) groups excluding carboxylic acids is 1. The standard InChI is InChI=1S/C12H24O3/c1-6-11(12(13)14-7-2)15-10(5)8-9(3)4/h9-11H,6-8H2,1-5H3. The highest BCUT2D eigenvalue weighted by Crippen LogP contribution is 2.12. The molecule has 0 heterocycles. The lowest BCUT2D eigenvalue weighted by molar-refractivity contribution is -0.160. The summed E-state index contributed by atoms with van der Waals surface area (Å²) in [6, 6.07) is 0. The number of ether oxygens (including phenoxy) is 2. The molecule has 0 aromatic carbocycles. The van der Waals surface area contributed by atoms with Gasteiger partial charge in [0.1, 0.15) is 0 Å². The Morgan fingerprint density at radius 3 is 2.20 bits per heavy atom. The van der Waals surface area contributed by atoms with Crippen LogP contribution in [-0.4, -0.2) is 24.8 Å². The summed E-state index contributed by atoms with van der Waals surface area (Å²) in [5.74, 6) is 0.343. The molecule has 0 fully saturated rings. The zero-order valence-electron chi connectivity index (χ0n) is 10.6. The van der Waals surface area contributed by atoms with E-state index in [1.807, 2.05) is 20.8 Å². The molecule has 3 heteroatoms. The average molecular weight is 216 g/mol. The summed E-state index contributed by atoms with van der Waals surface area (Å²) in [7, 11) is 0. The molecule has 0 aromatic rings. The number of carbonyl (C=O) groups is 1. The van der Waals surface area contributed by atoms with E-state index in [0.717, 1.165) is 6.42 Å². The van der Waals surface area contributed by atoms with Gasteiger partial charge in [-0.2, -0.15) is 0 Å². The van der Waals surface area contributed by atoms with Crippen LogP contribution in [-0.2, 0) is 14.3 Å². The second-order valence-electron chi connectivity index (χ2n) is 4.23. The molecule has 0 N–H and O–H groups in total. The highest BCUT2D eigenvalue weighted by atomic mass is 16.6. The van der Waals surface area contributed by atoms with Gasteiger partial charge in [0, 0.05) is 0 Å². The third-order valence-electron chi connectivity index (χ3n) is 2.12. The third kappa shape index (κ3) is 6.50. The van der Waals surface area contributed by atoms with Crippen molar-refractivity contribution in [1.82, 2.24) is 0 Å². The molecule has 15 heavy (non-hydrogen) atoms. The molecule has 0 spiro atoms. The molecule has 0 saturated heterocycles. The zero-order valence-corrected chi connectivity index (χ0v) is 10.6. The Hall–Kier alpha value is -0.570. The Balaban J connectivity index is 4.02. The Morgan fingerprint density at radius 1 is 1.20 bits per heavy atom. The normalized spacial score (nSPS) is 15.1. The van der Waals surface area contributed by atoms with Gasteiger partial charge in [-0.25, -0.2) is 4.79 Å². The van der Waals surface area contributed by atoms with Crippen molar-refractivity contribution < 1.29 is 14.3 Å². The molecule has 0 aliphatic carbocycles. The van der Waals surface area contributed by atoms with Crippen LogP contribution in [0.4, 0.5) is 0 Å². The molecule has 0 amide bonds. The minimum atomic E-state index is -0.404. The van der Waals surface area contributed by atoms with Crippen LogP contribution in [0, 0.1) is 5.92 Å². The Kier molecular flexibility index (Phi) is 7.39. The molecule has 0 rings (SSSR count). The summed E-state index contributed by atoms with van der Waals surface area (Å²) >= 11 is 0. The van der Waals surface area contributed by atoms with Gasteiger partial charge in [0.25, 0.3) is 0 Å². The van der Waals surface area contributed by atoms with Gasteiger partial charge >= 0.3 is 5.97 Å². The predicted molar refractivity (Wildman–Crippen MR) is 60.7 cm³/mol. The Morgan fingerprint density at radius 2 is 1.80 bits per heavy atom. The van der Waals surface area contributed by atoms with Crippen molar-refractivity contribution in [2.45, 2.75) is 59.7 Å². The van der Waals surface area contributed by atoms with E-state index in [1.54, 1.807) is 0 Å². The number of esters is 1. The molecular formula is C12H24O3. The van der Waals surface area contributed by atoms with Crippen LogP contribution in [0.3, 0.4) is 0 Å². The first-order valence-corrected chi connectivity index (χ1v) is 5.83. The maximum absolute atomic E-state index is 11.4. The van der Waals surface area contributed by atoms with Crippen LogP contribution >= 0.6 is 0 Å². The maximum atomic E-state index is 11.4. The van der Waals surface area contributed by atoms with Crippen molar-refractivity contribution in [3.05, 3.63) is 0 Å². The zero-order chi connectivity index (χ0) is 11.8. The van der Waals surface area contributed by atoms with Gasteiger partial charge < -0.3 is 9.47 Å². The third-order valence-corrected chi connectivity index (χ3v) is 2.12. The fourth-order valence-corrected chi connectivity index (χ4v) is 1.55. The fraction of sp³-hybridized carbons (Fsp3) is 0.917. The van der Waals surface area contributed by atoms with E-state index in [4.69, 9.17) is 9.47 Å². The first kappa shape index (κ1) is 14.4. The summed E-state index contributed by atoms with van der Waals surface area (Å²) in [5.41, 5.74) is 0. The minimum absolute atomic E-state index is 0.111. The van der Waals surface area contributed by atoms with Gasteiger partial charge in [-0.1, -0.05) is 20.8 Å². The predicted octanol–water partition coefficient (Wildman–Crippen LogP) is 2.78. The highest BCUT2D eigenvalue weighted by Gasteiger charge is 2.21. The lowest BCUT2D eigenvalue weighted by atomic mass is 10.1. The minimum Gasteiger partial charge on any atom is -0.464 e. The van der Waals surface area contributed by atoms with E-state index in [2.05, 4.69) is 13.8 Å². The molecule has 0 bridgehead atoms.